The van der Waals surface area contributed by atoms with Crippen LogP contribution in [-0.2, 0) is 0 Å². The van der Waals surface area contributed by atoms with E-state index in [1.54, 1.807) is 0 Å². The summed E-state index contributed by atoms with van der Waals surface area (Å²) in [6.07, 6.45) is 3.90. The summed E-state index contributed by atoms with van der Waals surface area (Å²) in [7, 11) is 0. The second-order valence-electron chi connectivity index (χ2n) is 3.98. The van der Waals surface area contributed by atoms with Crippen molar-refractivity contribution in [3.05, 3.63) is 34.9 Å². The molecule has 82 valence electrons. The Morgan fingerprint density at radius 1 is 1.27 bits per heavy atom. The number of rotatable bonds is 2. The zero-order chi connectivity index (χ0) is 10.7. The fraction of sp³-hybridized carbons (Fsp3) is 0.500. The van der Waals surface area contributed by atoms with E-state index in [4.69, 9.17) is 17.3 Å². The molecule has 0 aliphatic carbocycles. The molecule has 0 aromatic heterocycles. The van der Waals surface area contributed by atoms with E-state index in [1.165, 1.54) is 30.6 Å². The summed E-state index contributed by atoms with van der Waals surface area (Å²) >= 11 is 7.87. The third kappa shape index (κ3) is 2.90. The van der Waals surface area contributed by atoms with Gasteiger partial charge in [0.25, 0.3) is 0 Å². The summed E-state index contributed by atoms with van der Waals surface area (Å²) < 4.78 is 0. The van der Waals surface area contributed by atoms with E-state index in [9.17, 15) is 0 Å². The standard InChI is InChI=1S/C12H16ClNS/c13-10-6-4-9(5-7-10)12(14)11-3-1-2-8-15-11/h4-7,11-12H,1-3,8,14H2. The van der Waals surface area contributed by atoms with Crippen LogP contribution < -0.4 is 5.73 Å². The van der Waals surface area contributed by atoms with Gasteiger partial charge in [-0.25, -0.2) is 0 Å². The quantitative estimate of drug-likeness (QED) is 0.856. The molecular weight excluding hydrogens is 226 g/mol. The third-order valence-corrected chi connectivity index (χ3v) is 4.60. The van der Waals surface area contributed by atoms with Crippen molar-refractivity contribution in [1.29, 1.82) is 0 Å². The van der Waals surface area contributed by atoms with Gasteiger partial charge in [-0.05, 0) is 36.3 Å². The first-order valence-electron chi connectivity index (χ1n) is 5.40. The average Bonchev–Trinajstić information content (AvgIpc) is 2.30. The third-order valence-electron chi connectivity index (χ3n) is 2.87. The highest BCUT2D eigenvalue weighted by molar-refractivity contribution is 8.00. The van der Waals surface area contributed by atoms with Crippen molar-refractivity contribution < 1.29 is 0 Å². The molecule has 1 aliphatic heterocycles. The molecular formula is C12H16ClNS. The van der Waals surface area contributed by atoms with Gasteiger partial charge in [0.05, 0.1) is 0 Å². The largest absolute Gasteiger partial charge is 0.323 e. The number of benzene rings is 1. The molecule has 1 heterocycles. The zero-order valence-electron chi connectivity index (χ0n) is 8.66. The molecule has 1 nitrogen and oxygen atoms in total. The molecule has 2 unspecified atom stereocenters. The lowest BCUT2D eigenvalue weighted by Gasteiger charge is -2.27. The Bertz CT molecular complexity index is 306. The van der Waals surface area contributed by atoms with Crippen LogP contribution in [0.1, 0.15) is 30.9 Å². The van der Waals surface area contributed by atoms with Crippen molar-refractivity contribution >= 4 is 23.4 Å². The van der Waals surface area contributed by atoms with Gasteiger partial charge in [-0.2, -0.15) is 11.8 Å². The number of halogens is 1. The summed E-state index contributed by atoms with van der Waals surface area (Å²) in [5.74, 6) is 1.26. The van der Waals surface area contributed by atoms with Gasteiger partial charge < -0.3 is 5.73 Å². The van der Waals surface area contributed by atoms with Gasteiger partial charge in [0, 0.05) is 16.3 Å². The predicted octanol–water partition coefficient (Wildman–Crippen LogP) is 3.63. The first-order valence-corrected chi connectivity index (χ1v) is 6.83. The van der Waals surface area contributed by atoms with Crippen LogP contribution >= 0.6 is 23.4 Å². The van der Waals surface area contributed by atoms with Crippen molar-refractivity contribution in [2.45, 2.75) is 30.6 Å². The van der Waals surface area contributed by atoms with Crippen LogP contribution in [0.3, 0.4) is 0 Å². The van der Waals surface area contributed by atoms with E-state index < -0.39 is 0 Å². The van der Waals surface area contributed by atoms with Crippen LogP contribution in [0.15, 0.2) is 24.3 Å². The van der Waals surface area contributed by atoms with Gasteiger partial charge in [-0.1, -0.05) is 30.2 Å². The fourth-order valence-corrected chi connectivity index (χ4v) is 3.45. The molecule has 2 N–H and O–H groups in total. The molecule has 1 fully saturated rings. The Hall–Kier alpha value is -0.180. The van der Waals surface area contributed by atoms with Gasteiger partial charge >= 0.3 is 0 Å². The van der Waals surface area contributed by atoms with E-state index >= 15 is 0 Å². The minimum Gasteiger partial charge on any atom is -0.323 e. The number of thioether (sulfide) groups is 1. The minimum absolute atomic E-state index is 0.160. The first kappa shape index (κ1) is 11.3. The van der Waals surface area contributed by atoms with Gasteiger partial charge in [0.2, 0.25) is 0 Å². The van der Waals surface area contributed by atoms with Crippen LogP contribution in [0.2, 0.25) is 5.02 Å². The molecule has 1 aliphatic rings. The molecule has 15 heavy (non-hydrogen) atoms. The van der Waals surface area contributed by atoms with Crippen molar-refractivity contribution in [2.24, 2.45) is 5.73 Å². The van der Waals surface area contributed by atoms with E-state index in [-0.39, 0.29) is 6.04 Å². The van der Waals surface area contributed by atoms with Gasteiger partial charge in [-0.3, -0.25) is 0 Å². The summed E-state index contributed by atoms with van der Waals surface area (Å²) in [6.45, 7) is 0. The molecule has 2 atom stereocenters. The molecule has 1 saturated heterocycles. The summed E-state index contributed by atoms with van der Waals surface area (Å²) in [4.78, 5) is 0. The van der Waals surface area contributed by atoms with Crippen LogP contribution in [0, 0.1) is 0 Å². The first-order chi connectivity index (χ1) is 7.27. The topological polar surface area (TPSA) is 26.0 Å². The van der Waals surface area contributed by atoms with E-state index in [1.807, 2.05) is 36.0 Å². The molecule has 0 spiro atoms. The van der Waals surface area contributed by atoms with Gasteiger partial charge in [-0.15, -0.1) is 0 Å². The Morgan fingerprint density at radius 3 is 2.60 bits per heavy atom. The van der Waals surface area contributed by atoms with Crippen LogP contribution in [0.25, 0.3) is 0 Å². The van der Waals surface area contributed by atoms with Gasteiger partial charge in [0.15, 0.2) is 0 Å². The lowest BCUT2D eigenvalue weighted by atomic mass is 10.0. The maximum Gasteiger partial charge on any atom is 0.0415 e. The van der Waals surface area contributed by atoms with E-state index in [2.05, 4.69) is 0 Å². The normalized spacial score (nSPS) is 23.7. The lowest BCUT2D eigenvalue weighted by molar-refractivity contribution is 0.582. The van der Waals surface area contributed by atoms with Crippen molar-refractivity contribution in [2.75, 3.05) is 5.75 Å². The Balaban J connectivity index is 2.05. The number of nitrogens with two attached hydrogens (primary N) is 1. The smallest absolute Gasteiger partial charge is 0.0415 e. The Labute approximate surface area is 100 Å². The predicted molar refractivity (Wildman–Crippen MR) is 68.5 cm³/mol. The molecule has 2 rings (SSSR count). The highest BCUT2D eigenvalue weighted by atomic mass is 35.5. The summed E-state index contributed by atoms with van der Waals surface area (Å²) in [5, 5.41) is 1.36. The number of hydrogen-bond acceptors (Lipinski definition) is 2. The monoisotopic (exact) mass is 241 g/mol. The maximum absolute atomic E-state index is 6.26. The Kier molecular flexibility index (Phi) is 3.95. The molecule has 0 bridgehead atoms. The summed E-state index contributed by atoms with van der Waals surface area (Å²) in [6, 6.07) is 8.09. The molecule has 0 saturated carbocycles. The lowest BCUT2D eigenvalue weighted by Crippen LogP contribution is -2.26. The zero-order valence-corrected chi connectivity index (χ0v) is 10.2. The van der Waals surface area contributed by atoms with E-state index in [0.717, 1.165) is 5.02 Å². The highest BCUT2D eigenvalue weighted by Crippen LogP contribution is 2.33. The maximum atomic E-state index is 6.26. The Morgan fingerprint density at radius 2 is 2.00 bits per heavy atom. The average molecular weight is 242 g/mol. The van der Waals surface area contributed by atoms with Crippen LogP contribution in [-0.4, -0.2) is 11.0 Å². The highest BCUT2D eigenvalue weighted by Gasteiger charge is 2.22. The van der Waals surface area contributed by atoms with Crippen molar-refractivity contribution in [1.82, 2.24) is 0 Å². The second kappa shape index (κ2) is 5.24. The van der Waals surface area contributed by atoms with E-state index in [0.29, 0.717) is 5.25 Å². The van der Waals surface area contributed by atoms with Crippen LogP contribution in [0.4, 0.5) is 0 Å². The fourth-order valence-electron chi connectivity index (χ4n) is 1.95. The second-order valence-corrected chi connectivity index (χ2v) is 5.77. The number of hydrogen-bond donors (Lipinski definition) is 1. The molecule has 0 amide bonds. The SMILES string of the molecule is NC(c1ccc(Cl)cc1)C1CCCCS1. The molecule has 0 radical (unpaired) electrons. The van der Waals surface area contributed by atoms with Gasteiger partial charge in [0.1, 0.15) is 0 Å². The van der Waals surface area contributed by atoms with Crippen LogP contribution in [0.5, 0.6) is 0 Å². The van der Waals surface area contributed by atoms with Crippen molar-refractivity contribution in [3.63, 3.8) is 0 Å². The minimum atomic E-state index is 0.160. The molecule has 3 heteroatoms. The molecule has 1 aromatic carbocycles. The summed E-state index contributed by atoms with van der Waals surface area (Å²) in [5.41, 5.74) is 7.46. The van der Waals surface area contributed by atoms with Crippen molar-refractivity contribution in [3.8, 4) is 0 Å². The molecule has 1 aromatic rings.